The molecule has 2 N–H and O–H groups in total. The number of H-pyrrole nitrogens is 1. The van der Waals surface area contributed by atoms with Crippen molar-refractivity contribution in [1.82, 2.24) is 19.9 Å². The largest absolute Gasteiger partial charge is 0.376 e. The summed E-state index contributed by atoms with van der Waals surface area (Å²) in [4.78, 5) is 28.5. The van der Waals surface area contributed by atoms with Gasteiger partial charge in [0.15, 0.2) is 0 Å². The van der Waals surface area contributed by atoms with E-state index in [4.69, 9.17) is 4.74 Å². The lowest BCUT2D eigenvalue weighted by Crippen LogP contribution is -2.41. The Bertz CT molecular complexity index is 1570. The van der Waals surface area contributed by atoms with Crippen molar-refractivity contribution in [2.45, 2.75) is 38.3 Å². The Balaban J connectivity index is 1.65. The lowest BCUT2D eigenvalue weighted by atomic mass is 9.87. The molecule has 0 aliphatic heterocycles. The number of hydrogen-bond donors (Lipinski definition) is 2. The first-order chi connectivity index (χ1) is 16.1. The van der Waals surface area contributed by atoms with E-state index in [2.05, 4.69) is 15.4 Å². The van der Waals surface area contributed by atoms with Crippen LogP contribution in [0.3, 0.4) is 0 Å². The number of aromatic nitrogens is 3. The molecule has 34 heavy (non-hydrogen) atoms. The fourth-order valence-electron chi connectivity index (χ4n) is 4.43. The number of carbonyl (C=O) groups is 1. The van der Waals surface area contributed by atoms with E-state index in [1.165, 1.54) is 12.1 Å². The molecule has 0 bridgehead atoms. The number of aromatic amines is 1. The fourth-order valence-corrected chi connectivity index (χ4v) is 4.43. The number of amides is 1. The van der Waals surface area contributed by atoms with Gasteiger partial charge in [-0.15, -0.1) is 0 Å². The molecule has 1 aliphatic rings. The molecule has 5 rings (SSSR count). The van der Waals surface area contributed by atoms with Crippen LogP contribution in [0.2, 0.25) is 0 Å². The normalized spacial score (nSPS) is 18.6. The Morgan fingerprint density at radius 3 is 2.76 bits per heavy atom. The highest BCUT2D eigenvalue weighted by Crippen LogP contribution is 2.32. The van der Waals surface area contributed by atoms with Crippen LogP contribution in [0.5, 0.6) is 0 Å². The van der Waals surface area contributed by atoms with E-state index in [1.54, 1.807) is 30.0 Å². The lowest BCUT2D eigenvalue weighted by molar-refractivity contribution is -0.118. The molecule has 0 radical (unpaired) electrons. The fraction of sp³-hybridized carbons (Fsp3) is 0.269. The zero-order valence-electron chi connectivity index (χ0n) is 19.3. The molecule has 1 aliphatic carbocycles. The molecular weight excluding hydrogens is 435 g/mol. The minimum absolute atomic E-state index is 0.158. The van der Waals surface area contributed by atoms with Crippen LogP contribution >= 0.6 is 0 Å². The van der Waals surface area contributed by atoms with Gasteiger partial charge in [0.1, 0.15) is 11.3 Å². The van der Waals surface area contributed by atoms with Gasteiger partial charge in [0.2, 0.25) is 0 Å². The van der Waals surface area contributed by atoms with Crippen LogP contribution in [0.15, 0.2) is 65.1 Å². The maximum atomic E-state index is 13.7. The van der Waals surface area contributed by atoms with Gasteiger partial charge in [-0.3, -0.25) is 9.59 Å². The summed E-state index contributed by atoms with van der Waals surface area (Å²) in [6.07, 6.45) is 7.05. The number of halogens is 1. The predicted molar refractivity (Wildman–Crippen MR) is 129 cm³/mol. The lowest BCUT2D eigenvalue weighted by Gasteiger charge is -2.27. The smallest absolute Gasteiger partial charge is 0.260 e. The summed E-state index contributed by atoms with van der Waals surface area (Å²) in [5.41, 5.74) is 2.26. The molecular formula is C26H25FN4O3. The first kappa shape index (κ1) is 22.0. The van der Waals surface area contributed by atoms with Crippen molar-refractivity contribution in [3.05, 3.63) is 82.1 Å². The van der Waals surface area contributed by atoms with Crippen molar-refractivity contribution in [1.29, 1.82) is 0 Å². The second-order valence-corrected chi connectivity index (χ2v) is 9.57. The molecule has 0 spiro atoms. The van der Waals surface area contributed by atoms with Gasteiger partial charge in [-0.1, -0.05) is 18.2 Å². The first-order valence-corrected chi connectivity index (χ1v) is 11.0. The van der Waals surface area contributed by atoms with Crippen LogP contribution in [0.1, 0.15) is 32.3 Å². The highest BCUT2D eigenvalue weighted by molar-refractivity contribution is 6.08. The number of fused-ring (bicyclic) bond motifs is 5. The Labute approximate surface area is 194 Å². The summed E-state index contributed by atoms with van der Waals surface area (Å²) >= 11 is 0. The highest BCUT2D eigenvalue weighted by atomic mass is 19.1. The van der Waals surface area contributed by atoms with Crippen molar-refractivity contribution in [3.8, 4) is 0 Å². The van der Waals surface area contributed by atoms with Crippen LogP contribution in [0.25, 0.3) is 27.3 Å². The van der Waals surface area contributed by atoms with Gasteiger partial charge in [0.25, 0.3) is 11.5 Å². The van der Waals surface area contributed by atoms with Crippen molar-refractivity contribution >= 4 is 33.2 Å². The highest BCUT2D eigenvalue weighted by Gasteiger charge is 2.27. The first-order valence-electron chi connectivity index (χ1n) is 11.0. The molecule has 4 aromatic rings. The quantitative estimate of drug-likeness (QED) is 0.484. The van der Waals surface area contributed by atoms with Crippen molar-refractivity contribution in [2.75, 3.05) is 7.11 Å². The number of nitrogens with zero attached hydrogens (tertiary/aromatic N) is 2. The van der Waals surface area contributed by atoms with Crippen LogP contribution in [-0.4, -0.2) is 39.3 Å². The summed E-state index contributed by atoms with van der Waals surface area (Å²) in [5, 5.41) is 8.67. The van der Waals surface area contributed by atoms with Gasteiger partial charge < -0.3 is 15.0 Å². The molecule has 174 valence electrons. The Hall–Kier alpha value is -3.78. The number of pyridine rings is 2. The minimum atomic E-state index is -0.428. The minimum Gasteiger partial charge on any atom is -0.376 e. The summed E-state index contributed by atoms with van der Waals surface area (Å²) in [6.45, 7) is 5.80. The Morgan fingerprint density at radius 2 is 2.03 bits per heavy atom. The number of hydrogen-bond acceptors (Lipinski definition) is 4. The summed E-state index contributed by atoms with van der Waals surface area (Å²) in [7, 11) is 1.62. The Kier molecular flexibility index (Phi) is 5.13. The van der Waals surface area contributed by atoms with Crippen LogP contribution in [0, 0.1) is 5.82 Å². The summed E-state index contributed by atoms with van der Waals surface area (Å²) < 4.78 is 21.0. The third-order valence-electron chi connectivity index (χ3n) is 5.96. The van der Waals surface area contributed by atoms with E-state index in [-0.39, 0.29) is 29.0 Å². The number of methoxy groups -OCH3 is 1. The SMILES string of the molecule is COC1C=CC(C(=O)NC(C)(C)C)=CC1c1ccn2nc3c4ccc(F)cc4[nH]c(=O)c3c2c1. The van der Waals surface area contributed by atoms with E-state index in [0.717, 1.165) is 5.56 Å². The molecule has 7 nitrogen and oxygen atoms in total. The van der Waals surface area contributed by atoms with Crippen LogP contribution in [0.4, 0.5) is 4.39 Å². The summed E-state index contributed by atoms with van der Waals surface area (Å²) in [5.74, 6) is -0.823. The maximum absolute atomic E-state index is 13.7. The molecule has 1 aromatic carbocycles. The number of carbonyl (C=O) groups excluding carboxylic acids is 1. The molecule has 0 saturated carbocycles. The van der Waals surface area contributed by atoms with Gasteiger partial charge in [0.05, 0.1) is 22.5 Å². The molecule has 0 fully saturated rings. The van der Waals surface area contributed by atoms with Gasteiger partial charge in [-0.2, -0.15) is 5.10 Å². The molecule has 0 saturated heterocycles. The van der Waals surface area contributed by atoms with Crippen molar-refractivity contribution in [2.24, 2.45) is 0 Å². The van der Waals surface area contributed by atoms with E-state index in [9.17, 15) is 14.0 Å². The zero-order chi connectivity index (χ0) is 24.2. The predicted octanol–water partition coefficient (Wildman–Crippen LogP) is 3.98. The molecule has 1 amide bonds. The average Bonchev–Trinajstić information content (AvgIpc) is 3.16. The second-order valence-electron chi connectivity index (χ2n) is 9.57. The van der Waals surface area contributed by atoms with Gasteiger partial charge >= 0.3 is 0 Å². The van der Waals surface area contributed by atoms with Gasteiger partial charge in [0, 0.05) is 35.7 Å². The van der Waals surface area contributed by atoms with E-state index in [0.29, 0.717) is 32.9 Å². The Morgan fingerprint density at radius 1 is 1.24 bits per heavy atom. The number of nitrogens with one attached hydrogen (secondary N) is 2. The molecule has 8 heteroatoms. The summed E-state index contributed by atoms with van der Waals surface area (Å²) in [6, 6.07) is 8.05. The van der Waals surface area contributed by atoms with Crippen molar-refractivity contribution in [3.63, 3.8) is 0 Å². The molecule has 3 heterocycles. The standard InChI is InChI=1S/C26H25FN4O3/c1-26(2,3)29-24(32)15-5-8-21(34-4)18(11-15)14-9-10-31-20(12-14)22-23(30-31)17-7-6-16(27)13-19(17)28-25(22)33/h5-13,18,21H,1-4H3,(H,28,33)(H,29,32). The number of rotatable bonds is 3. The second kappa shape index (κ2) is 7.92. The molecule has 2 unspecified atom stereocenters. The van der Waals surface area contributed by atoms with Crippen LogP contribution < -0.4 is 10.9 Å². The molecule has 3 aromatic heterocycles. The number of benzene rings is 1. The number of ether oxygens (including phenoxy) is 1. The zero-order valence-corrected chi connectivity index (χ0v) is 19.3. The van der Waals surface area contributed by atoms with E-state index >= 15 is 0 Å². The molecule has 2 atom stereocenters. The third kappa shape index (κ3) is 3.80. The topological polar surface area (TPSA) is 88.5 Å². The monoisotopic (exact) mass is 460 g/mol. The maximum Gasteiger partial charge on any atom is 0.260 e. The van der Waals surface area contributed by atoms with Gasteiger partial charge in [-0.05, 0) is 56.7 Å². The van der Waals surface area contributed by atoms with Gasteiger partial charge in [-0.25, -0.2) is 8.91 Å². The van der Waals surface area contributed by atoms with Crippen molar-refractivity contribution < 1.29 is 13.9 Å². The third-order valence-corrected chi connectivity index (χ3v) is 5.96. The average molecular weight is 461 g/mol. The van der Waals surface area contributed by atoms with E-state index < -0.39 is 5.82 Å². The van der Waals surface area contributed by atoms with Crippen LogP contribution in [-0.2, 0) is 9.53 Å². The van der Waals surface area contributed by atoms with E-state index in [1.807, 2.05) is 45.1 Å².